The van der Waals surface area contributed by atoms with Crippen molar-refractivity contribution in [2.24, 2.45) is 0 Å². The molecule has 2 aromatic carbocycles. The zero-order valence-corrected chi connectivity index (χ0v) is 16.4. The van der Waals surface area contributed by atoms with E-state index in [0.717, 1.165) is 0 Å². The Bertz CT molecular complexity index is 1310. The minimum Gasteiger partial charge on any atom is -0.142 e. The fourth-order valence-electron chi connectivity index (χ4n) is 3.61. The number of rotatable bonds is 0. The zero-order valence-electron chi connectivity index (χ0n) is 13.1. The van der Waals surface area contributed by atoms with Crippen LogP contribution in [0.2, 0.25) is 0 Å². The predicted octanol–water partition coefficient (Wildman–Crippen LogP) is 8.32. The maximum absolute atomic E-state index is 2.34. The molecule has 116 valence electrons. The van der Waals surface area contributed by atoms with Gasteiger partial charge in [0, 0.05) is 10.8 Å². The molecule has 0 fully saturated rings. The van der Waals surface area contributed by atoms with Crippen molar-refractivity contribution in [3.63, 3.8) is 0 Å². The molecular weight excluding hydrogens is 368 g/mol. The highest BCUT2D eigenvalue weighted by Gasteiger charge is 2.17. The summed E-state index contributed by atoms with van der Waals surface area (Å²) in [5.74, 6) is 0. The van der Waals surface area contributed by atoms with E-state index >= 15 is 0 Å². The lowest BCUT2D eigenvalue weighted by Crippen LogP contribution is -1.68. The standard InChI is InChI=1S/C20H12S4/c1-9-7-21-15-11(9)3-5-13-17(15)23-20-14-6-4-12-10(2)8-22-16(12)18(14)24-19(13)20/h3-8H,1-2H3. The Hall–Kier alpha value is -1.46. The quantitative estimate of drug-likeness (QED) is 0.248. The number of thiophene rings is 4. The predicted molar refractivity (Wildman–Crippen MR) is 115 cm³/mol. The lowest BCUT2D eigenvalue weighted by atomic mass is 10.1. The van der Waals surface area contributed by atoms with Gasteiger partial charge in [0.05, 0.1) is 28.2 Å². The van der Waals surface area contributed by atoms with E-state index in [-0.39, 0.29) is 0 Å². The van der Waals surface area contributed by atoms with Crippen molar-refractivity contribution >= 4 is 95.1 Å². The molecule has 0 nitrogen and oxygen atoms in total. The first-order chi connectivity index (χ1) is 11.7. The average Bonchev–Trinajstić information content (AvgIpc) is 3.30. The van der Waals surface area contributed by atoms with Crippen LogP contribution in [0, 0.1) is 13.8 Å². The van der Waals surface area contributed by atoms with Gasteiger partial charge in [-0.25, -0.2) is 0 Å². The van der Waals surface area contributed by atoms with Crippen LogP contribution in [-0.4, -0.2) is 0 Å². The summed E-state index contributed by atoms with van der Waals surface area (Å²) in [6, 6.07) is 9.29. The molecular formula is C20H12S4. The van der Waals surface area contributed by atoms with Gasteiger partial charge in [-0.1, -0.05) is 24.3 Å². The van der Waals surface area contributed by atoms with Gasteiger partial charge in [0.25, 0.3) is 0 Å². The lowest BCUT2D eigenvalue weighted by molar-refractivity contribution is 1.60. The highest BCUT2D eigenvalue weighted by atomic mass is 32.1. The highest BCUT2D eigenvalue weighted by molar-refractivity contribution is 7.39. The maximum Gasteiger partial charge on any atom is 0.0543 e. The Morgan fingerprint density at radius 1 is 0.500 bits per heavy atom. The summed E-state index contributed by atoms with van der Waals surface area (Å²) in [5.41, 5.74) is 2.79. The molecule has 0 unspecified atom stereocenters. The van der Waals surface area contributed by atoms with Crippen molar-refractivity contribution < 1.29 is 0 Å². The summed E-state index contributed by atoms with van der Waals surface area (Å²) in [7, 11) is 0. The Morgan fingerprint density at radius 3 is 1.33 bits per heavy atom. The molecule has 0 bridgehead atoms. The number of aryl methyl sites for hydroxylation is 2. The second-order valence-corrected chi connectivity index (χ2v) is 10.1. The highest BCUT2D eigenvalue weighted by Crippen LogP contribution is 2.49. The number of hydrogen-bond donors (Lipinski definition) is 0. The Morgan fingerprint density at radius 2 is 0.875 bits per heavy atom. The largest absolute Gasteiger partial charge is 0.142 e. The second-order valence-electron chi connectivity index (χ2n) is 6.34. The van der Waals surface area contributed by atoms with E-state index in [2.05, 4.69) is 48.9 Å². The molecule has 0 spiro atoms. The maximum atomic E-state index is 2.34. The average molecular weight is 381 g/mol. The van der Waals surface area contributed by atoms with Crippen LogP contribution in [0.4, 0.5) is 0 Å². The Kier molecular flexibility index (Phi) is 2.63. The van der Waals surface area contributed by atoms with E-state index in [1.807, 2.05) is 45.3 Å². The van der Waals surface area contributed by atoms with Crippen molar-refractivity contribution in [2.45, 2.75) is 13.8 Å². The fraction of sp³-hybridized carbons (Fsp3) is 0.100. The Labute approximate surface area is 154 Å². The first-order valence-electron chi connectivity index (χ1n) is 7.84. The van der Waals surface area contributed by atoms with Crippen molar-refractivity contribution in [2.75, 3.05) is 0 Å². The molecule has 0 N–H and O–H groups in total. The molecule has 0 amide bonds. The van der Waals surface area contributed by atoms with Crippen LogP contribution in [0.5, 0.6) is 0 Å². The van der Waals surface area contributed by atoms with Crippen molar-refractivity contribution in [3.05, 3.63) is 46.2 Å². The third-order valence-corrected chi connectivity index (χ3v) is 10.0. The molecule has 0 saturated heterocycles. The smallest absolute Gasteiger partial charge is 0.0543 e. The van der Waals surface area contributed by atoms with Gasteiger partial charge < -0.3 is 0 Å². The first-order valence-corrected chi connectivity index (χ1v) is 11.2. The molecule has 24 heavy (non-hydrogen) atoms. The normalized spacial score (nSPS) is 12.6. The summed E-state index contributed by atoms with van der Waals surface area (Å²) < 4.78 is 8.79. The molecule has 0 radical (unpaired) electrons. The molecule has 0 aliphatic heterocycles. The SMILES string of the molecule is Cc1csc2c1ccc1c2sc2c3ccc4c(C)csc4c3sc12. The van der Waals surface area contributed by atoms with Crippen LogP contribution in [-0.2, 0) is 0 Å². The molecule has 4 aromatic heterocycles. The van der Waals surface area contributed by atoms with Crippen LogP contribution >= 0.6 is 45.3 Å². The molecule has 4 heteroatoms. The molecule has 0 aliphatic carbocycles. The van der Waals surface area contributed by atoms with Gasteiger partial charge >= 0.3 is 0 Å². The lowest BCUT2D eigenvalue weighted by Gasteiger charge is -1.95. The topological polar surface area (TPSA) is 0 Å². The first kappa shape index (κ1) is 13.8. The van der Waals surface area contributed by atoms with Crippen LogP contribution in [0.3, 0.4) is 0 Å². The number of fused-ring (bicyclic) bond motifs is 9. The van der Waals surface area contributed by atoms with Crippen molar-refractivity contribution in [1.29, 1.82) is 0 Å². The van der Waals surface area contributed by atoms with E-state index in [9.17, 15) is 0 Å². The third-order valence-electron chi connectivity index (χ3n) is 4.88. The van der Waals surface area contributed by atoms with Gasteiger partial charge in [-0.05, 0) is 46.5 Å². The summed E-state index contributed by atoms with van der Waals surface area (Å²) in [6.07, 6.45) is 0. The van der Waals surface area contributed by atoms with Crippen molar-refractivity contribution in [1.82, 2.24) is 0 Å². The summed E-state index contributed by atoms with van der Waals surface area (Å²) in [6.45, 7) is 4.43. The molecule has 6 rings (SSSR count). The third kappa shape index (κ3) is 1.58. The molecule has 6 aromatic rings. The van der Waals surface area contributed by atoms with Crippen LogP contribution in [0.1, 0.15) is 11.1 Å². The van der Waals surface area contributed by atoms with Gasteiger partial charge in [0.15, 0.2) is 0 Å². The van der Waals surface area contributed by atoms with Crippen LogP contribution < -0.4 is 0 Å². The molecule has 0 aliphatic rings. The van der Waals surface area contributed by atoms with Crippen LogP contribution in [0.15, 0.2) is 35.0 Å². The Balaban J connectivity index is 1.85. The second kappa shape index (κ2) is 4.58. The van der Waals surface area contributed by atoms with E-state index in [1.54, 1.807) is 0 Å². The fourth-order valence-corrected chi connectivity index (χ4v) is 8.86. The van der Waals surface area contributed by atoms with E-state index in [0.29, 0.717) is 0 Å². The van der Waals surface area contributed by atoms with E-state index in [1.165, 1.54) is 60.9 Å². The van der Waals surface area contributed by atoms with E-state index < -0.39 is 0 Å². The van der Waals surface area contributed by atoms with Gasteiger partial charge in [-0.15, -0.1) is 45.3 Å². The van der Waals surface area contributed by atoms with Gasteiger partial charge in [0.2, 0.25) is 0 Å². The number of hydrogen-bond acceptors (Lipinski definition) is 4. The van der Waals surface area contributed by atoms with E-state index in [4.69, 9.17) is 0 Å². The number of benzene rings is 2. The minimum absolute atomic E-state index is 1.40. The van der Waals surface area contributed by atoms with Gasteiger partial charge in [-0.2, -0.15) is 0 Å². The molecule has 0 saturated carbocycles. The summed E-state index contributed by atoms with van der Waals surface area (Å²) in [4.78, 5) is 0. The monoisotopic (exact) mass is 380 g/mol. The van der Waals surface area contributed by atoms with Crippen LogP contribution in [0.25, 0.3) is 49.7 Å². The van der Waals surface area contributed by atoms with Gasteiger partial charge in [0.1, 0.15) is 0 Å². The minimum atomic E-state index is 1.40. The zero-order chi connectivity index (χ0) is 16.0. The summed E-state index contributed by atoms with van der Waals surface area (Å²) in [5, 5.41) is 10.3. The van der Waals surface area contributed by atoms with Crippen molar-refractivity contribution in [3.8, 4) is 0 Å². The summed E-state index contributed by atoms with van der Waals surface area (Å²) >= 11 is 7.74. The molecule has 4 heterocycles. The van der Waals surface area contributed by atoms with Gasteiger partial charge in [-0.3, -0.25) is 0 Å². The molecule has 0 atom stereocenters.